The molecule has 0 amide bonds. The molecule has 2 unspecified atom stereocenters. The second-order valence-electron chi connectivity index (χ2n) is 6.16. The zero-order valence-corrected chi connectivity index (χ0v) is 12.6. The van der Waals surface area contributed by atoms with Crippen LogP contribution in [0.4, 0.5) is 5.69 Å². The zero-order valence-electron chi connectivity index (χ0n) is 12.6. The highest BCUT2D eigenvalue weighted by atomic mass is 16.5. The number of hydrogen-bond acceptors (Lipinski definition) is 4. The van der Waals surface area contributed by atoms with E-state index in [9.17, 15) is 5.11 Å². The van der Waals surface area contributed by atoms with Gasteiger partial charge < -0.3 is 20.1 Å². The van der Waals surface area contributed by atoms with Gasteiger partial charge in [0.05, 0.1) is 19.3 Å². The Morgan fingerprint density at radius 1 is 1.14 bits per heavy atom. The van der Waals surface area contributed by atoms with Crippen molar-refractivity contribution in [1.29, 1.82) is 0 Å². The third kappa shape index (κ3) is 4.19. The number of nitrogens with one attached hydrogen (secondary N) is 1. The average Bonchev–Trinajstić information content (AvgIpc) is 2.54. The van der Waals surface area contributed by atoms with Gasteiger partial charge in [-0.25, -0.2) is 0 Å². The zero-order chi connectivity index (χ0) is 14.5. The lowest BCUT2D eigenvalue weighted by Crippen LogP contribution is -2.36. The SMILES string of the molecule is OC1CCCC(NCc2ccc(N3CCOCC3)cc2)C1. The number of aliphatic hydroxyl groups is 1. The van der Waals surface area contributed by atoms with E-state index < -0.39 is 0 Å². The number of aliphatic hydroxyl groups excluding tert-OH is 1. The van der Waals surface area contributed by atoms with Crippen molar-refractivity contribution in [2.45, 2.75) is 44.4 Å². The highest BCUT2D eigenvalue weighted by molar-refractivity contribution is 5.47. The summed E-state index contributed by atoms with van der Waals surface area (Å²) in [4.78, 5) is 2.37. The van der Waals surface area contributed by atoms with E-state index in [-0.39, 0.29) is 6.10 Å². The Bertz CT molecular complexity index is 429. The summed E-state index contributed by atoms with van der Waals surface area (Å²) in [5.41, 5.74) is 2.60. The third-order valence-corrected chi connectivity index (χ3v) is 4.55. The molecule has 3 rings (SSSR count). The van der Waals surface area contributed by atoms with Crippen LogP contribution in [0.2, 0.25) is 0 Å². The van der Waals surface area contributed by atoms with Crippen LogP contribution >= 0.6 is 0 Å². The van der Waals surface area contributed by atoms with E-state index >= 15 is 0 Å². The number of anilines is 1. The Labute approximate surface area is 127 Å². The number of hydrogen-bond donors (Lipinski definition) is 2. The fraction of sp³-hybridized carbons (Fsp3) is 0.647. The summed E-state index contributed by atoms with van der Waals surface area (Å²) in [6, 6.07) is 9.29. The van der Waals surface area contributed by atoms with Crippen molar-refractivity contribution in [3.63, 3.8) is 0 Å². The first-order valence-electron chi connectivity index (χ1n) is 8.14. The van der Waals surface area contributed by atoms with E-state index in [1.165, 1.54) is 17.7 Å². The second-order valence-corrected chi connectivity index (χ2v) is 6.16. The highest BCUT2D eigenvalue weighted by Crippen LogP contribution is 2.20. The summed E-state index contributed by atoms with van der Waals surface area (Å²) in [6.07, 6.45) is 4.07. The number of nitrogens with zero attached hydrogens (tertiary/aromatic N) is 1. The van der Waals surface area contributed by atoms with Crippen LogP contribution < -0.4 is 10.2 Å². The molecule has 4 heteroatoms. The molecule has 1 aliphatic heterocycles. The Kier molecular flexibility index (Phi) is 5.12. The summed E-state index contributed by atoms with van der Waals surface area (Å²) in [5.74, 6) is 0. The minimum absolute atomic E-state index is 0.111. The van der Waals surface area contributed by atoms with Gasteiger partial charge in [-0.1, -0.05) is 12.1 Å². The largest absolute Gasteiger partial charge is 0.393 e. The van der Waals surface area contributed by atoms with Gasteiger partial charge in [0, 0.05) is 31.4 Å². The van der Waals surface area contributed by atoms with Crippen LogP contribution in [0.25, 0.3) is 0 Å². The smallest absolute Gasteiger partial charge is 0.0642 e. The normalized spacial score (nSPS) is 26.8. The molecule has 1 heterocycles. The van der Waals surface area contributed by atoms with Crippen LogP contribution in [-0.4, -0.2) is 43.6 Å². The summed E-state index contributed by atoms with van der Waals surface area (Å²) in [7, 11) is 0. The predicted molar refractivity (Wildman–Crippen MR) is 84.6 cm³/mol. The first kappa shape index (κ1) is 14.8. The number of ether oxygens (including phenoxy) is 1. The van der Waals surface area contributed by atoms with Crippen molar-refractivity contribution < 1.29 is 9.84 Å². The summed E-state index contributed by atoms with van der Waals surface area (Å²) >= 11 is 0. The number of morpholine rings is 1. The van der Waals surface area contributed by atoms with Crippen LogP contribution in [0.5, 0.6) is 0 Å². The minimum Gasteiger partial charge on any atom is -0.393 e. The van der Waals surface area contributed by atoms with E-state index in [2.05, 4.69) is 34.5 Å². The third-order valence-electron chi connectivity index (χ3n) is 4.55. The molecule has 116 valence electrons. The van der Waals surface area contributed by atoms with Gasteiger partial charge in [-0.2, -0.15) is 0 Å². The lowest BCUT2D eigenvalue weighted by atomic mass is 9.93. The second kappa shape index (κ2) is 7.25. The maximum atomic E-state index is 9.70. The molecule has 2 atom stereocenters. The minimum atomic E-state index is -0.111. The maximum Gasteiger partial charge on any atom is 0.0642 e. The van der Waals surface area contributed by atoms with E-state index in [0.717, 1.165) is 52.1 Å². The van der Waals surface area contributed by atoms with Crippen molar-refractivity contribution in [2.75, 3.05) is 31.2 Å². The van der Waals surface area contributed by atoms with E-state index in [1.807, 2.05) is 0 Å². The molecule has 1 aliphatic carbocycles. The highest BCUT2D eigenvalue weighted by Gasteiger charge is 2.19. The van der Waals surface area contributed by atoms with Crippen LogP contribution in [-0.2, 0) is 11.3 Å². The van der Waals surface area contributed by atoms with Gasteiger partial charge in [-0.3, -0.25) is 0 Å². The maximum absolute atomic E-state index is 9.70. The van der Waals surface area contributed by atoms with Crippen molar-refractivity contribution >= 4 is 5.69 Å². The first-order chi connectivity index (χ1) is 10.3. The molecule has 1 aromatic carbocycles. The Hall–Kier alpha value is -1.10. The van der Waals surface area contributed by atoms with E-state index in [0.29, 0.717) is 6.04 Å². The topological polar surface area (TPSA) is 44.7 Å². The van der Waals surface area contributed by atoms with Crippen molar-refractivity contribution in [2.24, 2.45) is 0 Å². The van der Waals surface area contributed by atoms with Gasteiger partial charge in [-0.05, 0) is 43.4 Å². The molecule has 2 fully saturated rings. The van der Waals surface area contributed by atoms with E-state index in [1.54, 1.807) is 0 Å². The molecular weight excluding hydrogens is 264 g/mol. The number of rotatable bonds is 4. The van der Waals surface area contributed by atoms with Crippen LogP contribution in [0, 0.1) is 0 Å². The van der Waals surface area contributed by atoms with Crippen LogP contribution in [0.3, 0.4) is 0 Å². The molecule has 1 saturated carbocycles. The summed E-state index contributed by atoms with van der Waals surface area (Å²) < 4.78 is 5.39. The fourth-order valence-corrected chi connectivity index (χ4v) is 3.26. The fourth-order valence-electron chi connectivity index (χ4n) is 3.26. The molecular formula is C17H26N2O2. The Balaban J connectivity index is 1.49. The molecule has 1 aromatic rings. The molecule has 2 N–H and O–H groups in total. The van der Waals surface area contributed by atoms with Crippen LogP contribution in [0.1, 0.15) is 31.2 Å². The number of benzene rings is 1. The molecule has 0 bridgehead atoms. The lowest BCUT2D eigenvalue weighted by molar-refractivity contribution is 0.111. The van der Waals surface area contributed by atoms with Gasteiger partial charge in [0.2, 0.25) is 0 Å². The van der Waals surface area contributed by atoms with Gasteiger partial charge in [0.15, 0.2) is 0 Å². The molecule has 2 aliphatic rings. The predicted octanol–water partition coefficient (Wildman–Crippen LogP) is 1.92. The van der Waals surface area contributed by atoms with Gasteiger partial charge in [-0.15, -0.1) is 0 Å². The molecule has 4 nitrogen and oxygen atoms in total. The Morgan fingerprint density at radius 3 is 2.62 bits per heavy atom. The lowest BCUT2D eigenvalue weighted by Gasteiger charge is -2.29. The Morgan fingerprint density at radius 2 is 1.90 bits per heavy atom. The summed E-state index contributed by atoms with van der Waals surface area (Å²) in [5, 5.41) is 13.3. The molecule has 1 saturated heterocycles. The van der Waals surface area contributed by atoms with Gasteiger partial charge in [0.25, 0.3) is 0 Å². The monoisotopic (exact) mass is 290 g/mol. The molecule has 0 aromatic heterocycles. The van der Waals surface area contributed by atoms with Gasteiger partial charge in [0.1, 0.15) is 0 Å². The van der Waals surface area contributed by atoms with Crippen LogP contribution in [0.15, 0.2) is 24.3 Å². The first-order valence-corrected chi connectivity index (χ1v) is 8.14. The van der Waals surface area contributed by atoms with Crippen molar-refractivity contribution in [3.8, 4) is 0 Å². The van der Waals surface area contributed by atoms with Gasteiger partial charge >= 0.3 is 0 Å². The van der Waals surface area contributed by atoms with E-state index in [4.69, 9.17) is 4.74 Å². The molecule has 0 radical (unpaired) electrons. The molecule has 21 heavy (non-hydrogen) atoms. The van der Waals surface area contributed by atoms with Crippen molar-refractivity contribution in [3.05, 3.63) is 29.8 Å². The summed E-state index contributed by atoms with van der Waals surface area (Å²) in [6.45, 7) is 4.51. The molecule has 0 spiro atoms. The average molecular weight is 290 g/mol. The quantitative estimate of drug-likeness (QED) is 0.889. The standard InChI is InChI=1S/C17H26N2O2/c20-17-3-1-2-15(12-17)18-13-14-4-6-16(7-5-14)19-8-10-21-11-9-19/h4-7,15,17-18,20H,1-3,8-13H2. The van der Waals surface area contributed by atoms with Crippen molar-refractivity contribution in [1.82, 2.24) is 5.32 Å².